The summed E-state index contributed by atoms with van der Waals surface area (Å²) < 4.78 is 1.02. The number of aliphatic hydroxyl groups is 1. The summed E-state index contributed by atoms with van der Waals surface area (Å²) in [5.41, 5.74) is 0.0742. The number of aliphatic hydroxyl groups excluding tert-OH is 1. The minimum Gasteiger partial charge on any atom is -0.396 e. The van der Waals surface area contributed by atoms with E-state index in [4.69, 9.17) is 0 Å². The molecule has 1 atom stereocenters. The first-order valence-electron chi connectivity index (χ1n) is 10.1. The maximum absolute atomic E-state index is 13.5. The van der Waals surface area contributed by atoms with Gasteiger partial charge in [-0.05, 0) is 62.2 Å². The molecular formula is C20H32NO2+. The van der Waals surface area contributed by atoms with Gasteiger partial charge in [0, 0.05) is 24.2 Å². The Morgan fingerprint density at radius 2 is 1.57 bits per heavy atom. The summed E-state index contributed by atoms with van der Waals surface area (Å²) >= 11 is 0. The van der Waals surface area contributed by atoms with Crippen LogP contribution in [-0.2, 0) is 4.79 Å². The van der Waals surface area contributed by atoms with Gasteiger partial charge in [-0.1, -0.05) is 0 Å². The second-order valence-electron chi connectivity index (χ2n) is 10.0. The van der Waals surface area contributed by atoms with Crippen molar-refractivity contribution >= 4 is 5.78 Å². The number of carbonyl (C=O) groups is 1. The lowest BCUT2D eigenvalue weighted by Crippen LogP contribution is -2.65. The number of hydrogen-bond donors (Lipinski definition) is 1. The molecule has 4 saturated carbocycles. The number of piperidine rings is 3. The van der Waals surface area contributed by atoms with E-state index in [-0.39, 0.29) is 5.41 Å². The second-order valence-corrected chi connectivity index (χ2v) is 10.0. The molecule has 128 valence electrons. The van der Waals surface area contributed by atoms with Crippen molar-refractivity contribution in [3.8, 4) is 0 Å². The van der Waals surface area contributed by atoms with E-state index in [2.05, 4.69) is 0 Å². The van der Waals surface area contributed by atoms with Crippen LogP contribution in [0.4, 0.5) is 0 Å². The molecule has 1 N–H and O–H groups in total. The van der Waals surface area contributed by atoms with E-state index in [1.807, 2.05) is 0 Å². The Labute approximate surface area is 140 Å². The van der Waals surface area contributed by atoms with Gasteiger partial charge >= 0.3 is 0 Å². The number of ketones is 1. The van der Waals surface area contributed by atoms with Gasteiger partial charge < -0.3 is 9.59 Å². The van der Waals surface area contributed by atoms with Crippen LogP contribution in [0, 0.1) is 35.0 Å². The Morgan fingerprint density at radius 3 is 2.09 bits per heavy atom. The number of rotatable bonds is 4. The maximum Gasteiger partial charge on any atom is 0.193 e. The van der Waals surface area contributed by atoms with Crippen molar-refractivity contribution in [3.63, 3.8) is 0 Å². The molecule has 0 radical (unpaired) electrons. The molecule has 4 aliphatic carbocycles. The van der Waals surface area contributed by atoms with Crippen LogP contribution in [0.1, 0.15) is 51.4 Å². The average molecular weight is 318 g/mol. The van der Waals surface area contributed by atoms with Crippen LogP contribution in [0.5, 0.6) is 0 Å². The fourth-order valence-electron chi connectivity index (χ4n) is 7.79. The highest BCUT2D eigenvalue weighted by atomic mass is 16.3. The fourth-order valence-corrected chi connectivity index (χ4v) is 7.79. The van der Waals surface area contributed by atoms with Crippen molar-refractivity contribution in [1.82, 2.24) is 0 Å². The first-order valence-corrected chi connectivity index (χ1v) is 10.1. The molecule has 3 heterocycles. The Balaban J connectivity index is 1.35. The highest BCUT2D eigenvalue weighted by Crippen LogP contribution is 2.60. The van der Waals surface area contributed by atoms with E-state index in [0.29, 0.717) is 18.3 Å². The quantitative estimate of drug-likeness (QED) is 0.809. The zero-order chi connectivity index (χ0) is 15.7. The Hall–Kier alpha value is -0.410. The molecule has 0 amide bonds. The molecule has 0 spiro atoms. The first kappa shape index (κ1) is 14.9. The van der Waals surface area contributed by atoms with Gasteiger partial charge in [-0.25, -0.2) is 0 Å². The summed E-state index contributed by atoms with van der Waals surface area (Å²) in [4.78, 5) is 13.5. The Kier molecular flexibility index (Phi) is 3.27. The van der Waals surface area contributed by atoms with Gasteiger partial charge in [0.1, 0.15) is 6.54 Å². The summed E-state index contributed by atoms with van der Waals surface area (Å²) in [6.07, 6.45) is 10.4. The summed E-state index contributed by atoms with van der Waals surface area (Å²) in [7, 11) is 0. The van der Waals surface area contributed by atoms with Gasteiger partial charge in [0.2, 0.25) is 0 Å². The normalized spacial score (nSPS) is 53.7. The Bertz CT molecular complexity index is 470. The summed E-state index contributed by atoms with van der Waals surface area (Å²) in [6, 6.07) is 0. The van der Waals surface area contributed by atoms with Crippen LogP contribution in [-0.4, -0.2) is 48.2 Å². The summed E-state index contributed by atoms with van der Waals surface area (Å²) in [6.45, 7) is 4.57. The van der Waals surface area contributed by atoms with Crippen molar-refractivity contribution in [2.45, 2.75) is 51.4 Å². The number of nitrogens with zero attached hydrogens (tertiary/aromatic N) is 1. The third-order valence-corrected chi connectivity index (χ3v) is 8.58. The van der Waals surface area contributed by atoms with Gasteiger partial charge in [-0.2, -0.15) is 0 Å². The molecule has 3 nitrogen and oxygen atoms in total. The number of fused-ring (bicyclic) bond motifs is 3. The van der Waals surface area contributed by atoms with Crippen molar-refractivity contribution in [2.75, 3.05) is 32.8 Å². The molecule has 7 rings (SSSR count). The SMILES string of the molecule is O=C(C[N+]12CCC(CC1)[C@@H](CO)C2)C12CC3CC(CC(C3)C1)C2. The van der Waals surface area contributed by atoms with Crippen molar-refractivity contribution in [1.29, 1.82) is 0 Å². The topological polar surface area (TPSA) is 37.3 Å². The third kappa shape index (κ3) is 2.26. The zero-order valence-electron chi connectivity index (χ0n) is 14.4. The number of quaternary nitrogens is 1. The molecule has 23 heavy (non-hydrogen) atoms. The molecule has 0 unspecified atom stereocenters. The lowest BCUT2D eigenvalue weighted by Gasteiger charge is -2.57. The van der Waals surface area contributed by atoms with Crippen LogP contribution >= 0.6 is 0 Å². The van der Waals surface area contributed by atoms with Crippen molar-refractivity contribution < 1.29 is 14.4 Å². The first-order chi connectivity index (χ1) is 11.1. The maximum atomic E-state index is 13.5. The molecular weight excluding hydrogens is 286 g/mol. The monoisotopic (exact) mass is 318 g/mol. The van der Waals surface area contributed by atoms with Gasteiger partial charge in [0.25, 0.3) is 0 Å². The lowest BCUT2D eigenvalue weighted by molar-refractivity contribution is -0.940. The van der Waals surface area contributed by atoms with Crippen LogP contribution in [0.25, 0.3) is 0 Å². The van der Waals surface area contributed by atoms with Gasteiger partial charge in [-0.15, -0.1) is 0 Å². The van der Waals surface area contributed by atoms with E-state index in [1.54, 1.807) is 0 Å². The second kappa shape index (κ2) is 5.05. The van der Waals surface area contributed by atoms with Gasteiger partial charge in [0.15, 0.2) is 5.78 Å². The highest BCUT2D eigenvalue weighted by molar-refractivity contribution is 5.86. The lowest BCUT2D eigenvalue weighted by atomic mass is 9.48. The Morgan fingerprint density at radius 1 is 1.00 bits per heavy atom. The van der Waals surface area contributed by atoms with Crippen LogP contribution in [0.3, 0.4) is 0 Å². The van der Waals surface area contributed by atoms with E-state index in [0.717, 1.165) is 41.2 Å². The number of hydrogen-bond acceptors (Lipinski definition) is 2. The largest absolute Gasteiger partial charge is 0.396 e. The van der Waals surface area contributed by atoms with E-state index in [1.165, 1.54) is 64.5 Å². The molecule has 7 fully saturated rings. The predicted octanol–water partition coefficient (Wildman–Crippen LogP) is 2.62. The van der Waals surface area contributed by atoms with E-state index < -0.39 is 0 Å². The fraction of sp³-hybridized carbons (Fsp3) is 0.950. The smallest absolute Gasteiger partial charge is 0.193 e. The summed E-state index contributed by atoms with van der Waals surface area (Å²) in [5.74, 6) is 4.40. The van der Waals surface area contributed by atoms with Crippen molar-refractivity contribution in [2.24, 2.45) is 35.0 Å². The molecule has 0 aromatic carbocycles. The molecule has 3 saturated heterocycles. The highest BCUT2D eigenvalue weighted by Gasteiger charge is 2.56. The molecule has 0 aromatic rings. The molecule has 6 bridgehead atoms. The molecule has 3 aliphatic heterocycles. The minimum atomic E-state index is 0.0742. The minimum absolute atomic E-state index is 0.0742. The van der Waals surface area contributed by atoms with Crippen LogP contribution in [0.2, 0.25) is 0 Å². The van der Waals surface area contributed by atoms with E-state index in [9.17, 15) is 9.90 Å². The van der Waals surface area contributed by atoms with Crippen LogP contribution in [0.15, 0.2) is 0 Å². The third-order valence-electron chi connectivity index (χ3n) is 8.58. The predicted molar refractivity (Wildman–Crippen MR) is 88.6 cm³/mol. The van der Waals surface area contributed by atoms with Gasteiger partial charge in [0.05, 0.1) is 26.2 Å². The average Bonchev–Trinajstić information content (AvgIpc) is 2.54. The standard InChI is InChI=1S/C20H32NO2/c22-13-18-11-21(3-1-17(18)2-4-21)12-19(23)20-8-14-5-15(9-20)7-16(6-14)10-20/h14-18,22H,1-13H2/q+1/t14?,15?,16?,17?,18-,20?,21?/m1/s1. The zero-order valence-corrected chi connectivity index (χ0v) is 14.4. The molecule has 0 aromatic heterocycles. The molecule has 7 aliphatic rings. The number of carbonyl (C=O) groups excluding carboxylic acids is 1. The van der Waals surface area contributed by atoms with Crippen LogP contribution < -0.4 is 0 Å². The van der Waals surface area contributed by atoms with Gasteiger partial charge in [-0.3, -0.25) is 4.79 Å². The van der Waals surface area contributed by atoms with E-state index >= 15 is 0 Å². The molecule has 3 heteroatoms. The number of Topliss-reactive ketones (excluding diaryl/α,β-unsaturated/α-hetero) is 1. The summed E-state index contributed by atoms with van der Waals surface area (Å²) in [5, 5.41) is 9.70. The van der Waals surface area contributed by atoms with Crippen molar-refractivity contribution in [3.05, 3.63) is 0 Å².